The van der Waals surface area contributed by atoms with Crippen molar-refractivity contribution in [3.8, 4) is 0 Å². The number of hydrogen-bond acceptors (Lipinski definition) is 0. The first-order valence-electron chi connectivity index (χ1n) is 3.54. The van der Waals surface area contributed by atoms with Gasteiger partial charge >= 0.3 is 0 Å². The largest absolute Gasteiger partial charge is 0.126 e. The van der Waals surface area contributed by atoms with E-state index in [-0.39, 0.29) is 0 Å². The Labute approximate surface area is 61.9 Å². The first-order valence-corrected chi connectivity index (χ1v) is 4.08. The lowest BCUT2D eigenvalue weighted by atomic mass is 9.91. The van der Waals surface area contributed by atoms with Crippen molar-refractivity contribution in [2.75, 3.05) is 5.88 Å². The fraction of sp³-hybridized carbons (Fsp3) is 0.750. The van der Waals surface area contributed by atoms with Gasteiger partial charge in [0.05, 0.1) is 0 Å². The predicted octanol–water partition coefficient (Wildman–Crippen LogP) is 2.97. The first-order chi connectivity index (χ1) is 4.33. The average molecular weight is 145 g/mol. The molecule has 1 aliphatic carbocycles. The van der Waals surface area contributed by atoms with Crippen molar-refractivity contribution in [1.82, 2.24) is 0 Å². The van der Waals surface area contributed by atoms with Crippen molar-refractivity contribution in [3.05, 3.63) is 11.6 Å². The van der Waals surface area contributed by atoms with Gasteiger partial charge in [0.2, 0.25) is 0 Å². The van der Waals surface area contributed by atoms with Crippen LogP contribution in [0.15, 0.2) is 11.6 Å². The van der Waals surface area contributed by atoms with Gasteiger partial charge in [0.1, 0.15) is 0 Å². The number of allylic oxidation sites excluding steroid dienone is 2. The van der Waals surface area contributed by atoms with Crippen molar-refractivity contribution in [1.29, 1.82) is 0 Å². The maximum absolute atomic E-state index is 5.72. The highest BCUT2D eigenvalue weighted by Crippen LogP contribution is 2.23. The Kier molecular flexibility index (Phi) is 2.59. The van der Waals surface area contributed by atoms with Crippen LogP contribution in [0.4, 0.5) is 0 Å². The van der Waals surface area contributed by atoms with E-state index in [1.807, 2.05) is 0 Å². The molecular weight excluding hydrogens is 132 g/mol. The van der Waals surface area contributed by atoms with Crippen LogP contribution in [0.3, 0.4) is 0 Å². The van der Waals surface area contributed by atoms with Crippen LogP contribution in [-0.2, 0) is 0 Å². The molecule has 1 aliphatic rings. The minimum atomic E-state index is 0.761. The van der Waals surface area contributed by atoms with Crippen LogP contribution in [0.2, 0.25) is 0 Å². The van der Waals surface area contributed by atoms with Gasteiger partial charge in [-0.05, 0) is 32.1 Å². The lowest BCUT2D eigenvalue weighted by molar-refractivity contribution is 0.515. The summed E-state index contributed by atoms with van der Waals surface area (Å²) >= 11 is 5.72. The molecule has 0 radical (unpaired) electrons. The van der Waals surface area contributed by atoms with Gasteiger partial charge < -0.3 is 0 Å². The summed E-state index contributed by atoms with van der Waals surface area (Å²) < 4.78 is 0. The molecular formula is C8H13Cl. The molecule has 0 nitrogen and oxygen atoms in total. The summed E-state index contributed by atoms with van der Waals surface area (Å²) in [7, 11) is 0. The van der Waals surface area contributed by atoms with Gasteiger partial charge in [-0.25, -0.2) is 0 Å². The Balaban J connectivity index is 2.39. The Morgan fingerprint density at radius 2 is 2.56 bits per heavy atom. The van der Waals surface area contributed by atoms with Gasteiger partial charge in [0.15, 0.2) is 0 Å². The van der Waals surface area contributed by atoms with Gasteiger partial charge in [-0.3, -0.25) is 0 Å². The molecule has 0 saturated heterocycles. The summed E-state index contributed by atoms with van der Waals surface area (Å²) in [4.78, 5) is 0. The highest BCUT2D eigenvalue weighted by atomic mass is 35.5. The molecule has 0 fully saturated rings. The topological polar surface area (TPSA) is 0 Å². The summed E-state index contributed by atoms with van der Waals surface area (Å²) in [6.07, 6.45) is 6.08. The second kappa shape index (κ2) is 3.26. The quantitative estimate of drug-likeness (QED) is 0.392. The molecule has 1 unspecified atom stereocenters. The van der Waals surface area contributed by atoms with E-state index in [0.29, 0.717) is 0 Å². The molecule has 0 saturated carbocycles. The van der Waals surface area contributed by atoms with Gasteiger partial charge in [0.25, 0.3) is 0 Å². The molecule has 1 atom stereocenters. The van der Waals surface area contributed by atoms with E-state index in [9.17, 15) is 0 Å². The van der Waals surface area contributed by atoms with Crippen molar-refractivity contribution in [2.45, 2.75) is 26.2 Å². The number of alkyl halides is 1. The van der Waals surface area contributed by atoms with Crippen LogP contribution in [0, 0.1) is 5.92 Å². The molecule has 0 bridgehead atoms. The van der Waals surface area contributed by atoms with E-state index >= 15 is 0 Å². The molecule has 0 spiro atoms. The SMILES string of the molecule is CC1=CCCC(CCl)C1. The van der Waals surface area contributed by atoms with Crippen LogP contribution in [-0.4, -0.2) is 5.88 Å². The maximum Gasteiger partial charge on any atom is 0.0254 e. The van der Waals surface area contributed by atoms with Gasteiger partial charge in [-0.2, -0.15) is 0 Å². The lowest BCUT2D eigenvalue weighted by Gasteiger charge is -2.17. The highest BCUT2D eigenvalue weighted by molar-refractivity contribution is 6.18. The van der Waals surface area contributed by atoms with E-state index in [0.717, 1.165) is 11.8 Å². The molecule has 1 rings (SSSR count). The van der Waals surface area contributed by atoms with Gasteiger partial charge in [0, 0.05) is 5.88 Å². The zero-order chi connectivity index (χ0) is 6.69. The molecule has 52 valence electrons. The Bertz CT molecular complexity index is 116. The van der Waals surface area contributed by atoms with Gasteiger partial charge in [-0.15, -0.1) is 11.6 Å². The summed E-state index contributed by atoms with van der Waals surface area (Å²) in [5.41, 5.74) is 1.52. The van der Waals surface area contributed by atoms with Crippen molar-refractivity contribution >= 4 is 11.6 Å². The van der Waals surface area contributed by atoms with E-state index in [1.165, 1.54) is 24.8 Å². The molecule has 0 aromatic carbocycles. The minimum Gasteiger partial charge on any atom is -0.126 e. The Hall–Kier alpha value is 0.0300. The van der Waals surface area contributed by atoms with Crippen LogP contribution in [0.5, 0.6) is 0 Å². The smallest absolute Gasteiger partial charge is 0.0254 e. The number of rotatable bonds is 1. The molecule has 0 aromatic heterocycles. The maximum atomic E-state index is 5.72. The number of halogens is 1. The standard InChI is InChI=1S/C8H13Cl/c1-7-3-2-4-8(5-7)6-9/h3,8H,2,4-6H2,1H3. The van der Waals surface area contributed by atoms with Crippen LogP contribution in [0.1, 0.15) is 26.2 Å². The predicted molar refractivity (Wildman–Crippen MR) is 41.8 cm³/mol. The monoisotopic (exact) mass is 144 g/mol. The average Bonchev–Trinajstić information content (AvgIpc) is 1.88. The van der Waals surface area contributed by atoms with E-state index < -0.39 is 0 Å². The summed E-state index contributed by atoms with van der Waals surface area (Å²) in [5, 5.41) is 0. The third kappa shape index (κ3) is 2.02. The molecule has 1 heteroatoms. The summed E-state index contributed by atoms with van der Waals surface area (Å²) in [6.45, 7) is 2.19. The molecule has 0 heterocycles. The first kappa shape index (κ1) is 7.14. The third-order valence-electron chi connectivity index (χ3n) is 1.90. The van der Waals surface area contributed by atoms with Crippen LogP contribution < -0.4 is 0 Å². The fourth-order valence-electron chi connectivity index (χ4n) is 1.34. The van der Waals surface area contributed by atoms with Crippen LogP contribution >= 0.6 is 11.6 Å². The van der Waals surface area contributed by atoms with E-state index in [2.05, 4.69) is 13.0 Å². The normalized spacial score (nSPS) is 27.8. The van der Waals surface area contributed by atoms with E-state index in [1.54, 1.807) is 0 Å². The molecule has 0 aliphatic heterocycles. The second-order valence-electron chi connectivity index (χ2n) is 2.85. The Morgan fingerprint density at radius 3 is 3.00 bits per heavy atom. The summed E-state index contributed by atoms with van der Waals surface area (Å²) in [5.74, 6) is 1.60. The third-order valence-corrected chi connectivity index (χ3v) is 2.33. The van der Waals surface area contributed by atoms with Crippen molar-refractivity contribution in [3.63, 3.8) is 0 Å². The zero-order valence-corrected chi connectivity index (χ0v) is 6.62. The lowest BCUT2D eigenvalue weighted by Crippen LogP contribution is -2.06. The zero-order valence-electron chi connectivity index (χ0n) is 5.86. The van der Waals surface area contributed by atoms with Crippen molar-refractivity contribution < 1.29 is 0 Å². The molecule has 0 aromatic rings. The second-order valence-corrected chi connectivity index (χ2v) is 3.16. The highest BCUT2D eigenvalue weighted by Gasteiger charge is 2.10. The van der Waals surface area contributed by atoms with Crippen molar-refractivity contribution in [2.24, 2.45) is 5.92 Å². The molecule has 0 N–H and O–H groups in total. The fourth-order valence-corrected chi connectivity index (χ4v) is 1.60. The molecule has 0 amide bonds. The summed E-state index contributed by atoms with van der Waals surface area (Å²) in [6, 6.07) is 0. The van der Waals surface area contributed by atoms with Gasteiger partial charge in [-0.1, -0.05) is 11.6 Å². The van der Waals surface area contributed by atoms with Crippen LogP contribution in [0.25, 0.3) is 0 Å². The Morgan fingerprint density at radius 1 is 1.78 bits per heavy atom. The molecule has 9 heavy (non-hydrogen) atoms. The minimum absolute atomic E-state index is 0.761. The van der Waals surface area contributed by atoms with E-state index in [4.69, 9.17) is 11.6 Å². The number of hydrogen-bond donors (Lipinski definition) is 0.